The molecule has 1 aliphatic rings. The Morgan fingerprint density at radius 1 is 1.38 bits per heavy atom. The van der Waals surface area contributed by atoms with Gasteiger partial charge in [-0.3, -0.25) is 0 Å². The van der Waals surface area contributed by atoms with Gasteiger partial charge in [-0.05, 0) is 51.3 Å². The largest absolute Gasteiger partial charge is 0.444 e. The fourth-order valence-electron chi connectivity index (χ4n) is 2.82. The molecule has 2 rings (SSSR count). The van der Waals surface area contributed by atoms with Crippen LogP contribution in [0, 0.1) is 0 Å². The topological polar surface area (TPSA) is 55.6 Å². The summed E-state index contributed by atoms with van der Waals surface area (Å²) in [6.45, 7) is 7.84. The molecule has 1 fully saturated rings. The molecule has 116 valence electrons. The van der Waals surface area contributed by atoms with E-state index < -0.39 is 5.60 Å². The molecule has 1 aliphatic heterocycles. The highest BCUT2D eigenvalue weighted by Crippen LogP contribution is 2.30. The first-order chi connectivity index (χ1) is 9.90. The van der Waals surface area contributed by atoms with E-state index in [0.29, 0.717) is 12.5 Å². The van der Waals surface area contributed by atoms with Crippen LogP contribution in [0.25, 0.3) is 0 Å². The van der Waals surface area contributed by atoms with Crippen molar-refractivity contribution < 1.29 is 9.53 Å². The molecule has 21 heavy (non-hydrogen) atoms. The van der Waals surface area contributed by atoms with Crippen LogP contribution in [0.3, 0.4) is 0 Å². The van der Waals surface area contributed by atoms with Crippen molar-refractivity contribution in [2.24, 2.45) is 5.73 Å². The molecule has 0 spiro atoms. The molecule has 1 amide bonds. The number of likely N-dealkylation sites (tertiary alicyclic amines) is 1. The van der Waals surface area contributed by atoms with E-state index in [1.807, 2.05) is 25.7 Å². The lowest BCUT2D eigenvalue weighted by Gasteiger charge is -2.24. The first-order valence-electron chi connectivity index (χ1n) is 7.66. The van der Waals surface area contributed by atoms with Crippen molar-refractivity contribution in [3.63, 3.8) is 0 Å². The Morgan fingerprint density at radius 3 is 2.76 bits per heavy atom. The third-order valence-corrected chi connectivity index (χ3v) is 3.75. The van der Waals surface area contributed by atoms with Gasteiger partial charge in [0.25, 0.3) is 0 Å². The zero-order chi connectivity index (χ0) is 15.5. The predicted molar refractivity (Wildman–Crippen MR) is 84.4 cm³/mol. The number of ether oxygens (including phenoxy) is 1. The molecule has 4 heteroatoms. The Bertz CT molecular complexity index is 494. The summed E-state index contributed by atoms with van der Waals surface area (Å²) in [5.41, 5.74) is 7.88. The number of carbonyl (C=O) groups is 1. The van der Waals surface area contributed by atoms with Crippen molar-refractivity contribution in [1.29, 1.82) is 0 Å². The fraction of sp³-hybridized carbons (Fsp3) is 0.588. The minimum Gasteiger partial charge on any atom is -0.444 e. The third kappa shape index (κ3) is 4.21. The molecule has 1 aromatic rings. The number of amides is 1. The molecule has 4 nitrogen and oxygen atoms in total. The molecule has 1 saturated heterocycles. The van der Waals surface area contributed by atoms with Crippen molar-refractivity contribution in [1.82, 2.24) is 4.90 Å². The maximum Gasteiger partial charge on any atom is 0.410 e. The van der Waals surface area contributed by atoms with Gasteiger partial charge in [0.1, 0.15) is 5.60 Å². The van der Waals surface area contributed by atoms with Gasteiger partial charge in [0.05, 0.1) is 0 Å². The summed E-state index contributed by atoms with van der Waals surface area (Å²) in [7, 11) is 0. The standard InChI is InChI=1S/C17H26N2O2/c1-17(2,3)21-16(20)19-11-9-14(12-19)15-7-5-4-6-13(15)8-10-18/h4-7,14H,8-12,18H2,1-3H3. The first-order valence-corrected chi connectivity index (χ1v) is 7.66. The lowest BCUT2D eigenvalue weighted by molar-refractivity contribution is 0.0292. The highest BCUT2D eigenvalue weighted by Gasteiger charge is 2.31. The Morgan fingerprint density at radius 2 is 2.10 bits per heavy atom. The second-order valence-electron chi connectivity index (χ2n) is 6.65. The van der Waals surface area contributed by atoms with Gasteiger partial charge in [0.15, 0.2) is 0 Å². The number of rotatable bonds is 3. The van der Waals surface area contributed by atoms with Crippen LogP contribution < -0.4 is 5.73 Å². The summed E-state index contributed by atoms with van der Waals surface area (Å²) < 4.78 is 5.45. The lowest BCUT2D eigenvalue weighted by atomic mass is 9.92. The number of nitrogens with zero attached hydrogens (tertiary/aromatic N) is 1. The molecule has 0 aromatic heterocycles. The summed E-state index contributed by atoms with van der Waals surface area (Å²) in [5.74, 6) is 0.389. The zero-order valence-electron chi connectivity index (χ0n) is 13.3. The van der Waals surface area contributed by atoms with Gasteiger partial charge < -0.3 is 15.4 Å². The SMILES string of the molecule is CC(C)(C)OC(=O)N1CCC(c2ccccc2CCN)C1. The maximum absolute atomic E-state index is 12.1. The number of hydrogen-bond donors (Lipinski definition) is 1. The maximum atomic E-state index is 12.1. The average molecular weight is 290 g/mol. The summed E-state index contributed by atoms with van der Waals surface area (Å²) in [4.78, 5) is 13.9. The van der Waals surface area contributed by atoms with E-state index in [0.717, 1.165) is 25.9 Å². The molecule has 2 N–H and O–H groups in total. The van der Waals surface area contributed by atoms with E-state index in [4.69, 9.17) is 10.5 Å². The van der Waals surface area contributed by atoms with Crippen molar-refractivity contribution >= 4 is 6.09 Å². The molecule has 1 unspecified atom stereocenters. The van der Waals surface area contributed by atoms with Crippen LogP contribution in [-0.4, -0.2) is 36.2 Å². The van der Waals surface area contributed by atoms with Gasteiger partial charge in [-0.1, -0.05) is 24.3 Å². The second kappa shape index (κ2) is 6.48. The summed E-state index contributed by atoms with van der Waals surface area (Å²) in [6, 6.07) is 8.41. The van der Waals surface area contributed by atoms with Gasteiger partial charge in [-0.2, -0.15) is 0 Å². The molecule has 1 aromatic carbocycles. The van der Waals surface area contributed by atoms with Crippen LogP contribution in [0.5, 0.6) is 0 Å². The number of hydrogen-bond acceptors (Lipinski definition) is 3. The monoisotopic (exact) mass is 290 g/mol. The fourth-order valence-corrected chi connectivity index (χ4v) is 2.82. The van der Waals surface area contributed by atoms with Crippen molar-refractivity contribution in [3.8, 4) is 0 Å². The van der Waals surface area contributed by atoms with Gasteiger partial charge in [0.2, 0.25) is 0 Å². The molecule has 0 aliphatic carbocycles. The summed E-state index contributed by atoms with van der Waals surface area (Å²) >= 11 is 0. The summed E-state index contributed by atoms with van der Waals surface area (Å²) in [5, 5.41) is 0. The molecule has 0 bridgehead atoms. The van der Waals surface area contributed by atoms with E-state index in [1.165, 1.54) is 11.1 Å². The summed E-state index contributed by atoms with van der Waals surface area (Å²) in [6.07, 6.45) is 1.67. The van der Waals surface area contributed by atoms with Crippen LogP contribution in [0.2, 0.25) is 0 Å². The molecular formula is C17H26N2O2. The van der Waals surface area contributed by atoms with Crippen LogP contribution in [0.4, 0.5) is 4.79 Å². The second-order valence-corrected chi connectivity index (χ2v) is 6.65. The highest BCUT2D eigenvalue weighted by atomic mass is 16.6. The van der Waals surface area contributed by atoms with Crippen molar-refractivity contribution in [3.05, 3.63) is 35.4 Å². The third-order valence-electron chi connectivity index (χ3n) is 3.75. The van der Waals surface area contributed by atoms with Gasteiger partial charge in [-0.25, -0.2) is 4.79 Å². The van der Waals surface area contributed by atoms with E-state index in [-0.39, 0.29) is 6.09 Å². The van der Waals surface area contributed by atoms with E-state index >= 15 is 0 Å². The van der Waals surface area contributed by atoms with Crippen LogP contribution >= 0.6 is 0 Å². The van der Waals surface area contributed by atoms with Crippen LogP contribution in [0.1, 0.15) is 44.2 Å². The zero-order valence-corrected chi connectivity index (χ0v) is 13.3. The number of nitrogens with two attached hydrogens (primary N) is 1. The average Bonchev–Trinajstić information content (AvgIpc) is 2.87. The Labute approximate surface area is 127 Å². The Hall–Kier alpha value is -1.55. The highest BCUT2D eigenvalue weighted by molar-refractivity contribution is 5.68. The minimum absolute atomic E-state index is 0.207. The number of benzene rings is 1. The van der Waals surface area contributed by atoms with Crippen LogP contribution in [0.15, 0.2) is 24.3 Å². The normalized spacial score (nSPS) is 18.9. The smallest absolute Gasteiger partial charge is 0.410 e. The van der Waals surface area contributed by atoms with Gasteiger partial charge in [0, 0.05) is 19.0 Å². The first kappa shape index (κ1) is 15.8. The van der Waals surface area contributed by atoms with Gasteiger partial charge in [-0.15, -0.1) is 0 Å². The van der Waals surface area contributed by atoms with E-state index in [9.17, 15) is 4.79 Å². The molecule has 1 heterocycles. The molecule has 0 saturated carbocycles. The number of carbonyl (C=O) groups excluding carboxylic acids is 1. The van der Waals surface area contributed by atoms with Crippen molar-refractivity contribution in [2.75, 3.05) is 19.6 Å². The lowest BCUT2D eigenvalue weighted by Crippen LogP contribution is -2.35. The van der Waals surface area contributed by atoms with Crippen molar-refractivity contribution in [2.45, 2.75) is 45.1 Å². The minimum atomic E-state index is -0.438. The van der Waals surface area contributed by atoms with Gasteiger partial charge >= 0.3 is 6.09 Å². The Balaban J connectivity index is 2.04. The predicted octanol–water partition coefficient (Wildman–Crippen LogP) is 2.91. The quantitative estimate of drug-likeness (QED) is 0.931. The molecule has 1 atom stereocenters. The molecule has 0 radical (unpaired) electrons. The van der Waals surface area contributed by atoms with Crippen LogP contribution in [-0.2, 0) is 11.2 Å². The van der Waals surface area contributed by atoms with E-state index in [2.05, 4.69) is 24.3 Å². The van der Waals surface area contributed by atoms with E-state index in [1.54, 1.807) is 0 Å². The Kier molecular flexibility index (Phi) is 4.88. The molecular weight excluding hydrogens is 264 g/mol.